The number of rotatable bonds is 3. The third kappa shape index (κ3) is 3.09. The van der Waals surface area contributed by atoms with E-state index >= 15 is 0 Å². The van der Waals surface area contributed by atoms with E-state index in [0.29, 0.717) is 5.92 Å². The smallest absolute Gasteiger partial charge is 0.0582 e. The van der Waals surface area contributed by atoms with Gasteiger partial charge in [0.15, 0.2) is 0 Å². The van der Waals surface area contributed by atoms with Gasteiger partial charge in [0.1, 0.15) is 0 Å². The molecule has 0 aliphatic carbocycles. The highest BCUT2D eigenvalue weighted by Crippen LogP contribution is 2.19. The van der Waals surface area contributed by atoms with Crippen molar-refractivity contribution in [2.75, 3.05) is 26.7 Å². The van der Waals surface area contributed by atoms with Crippen LogP contribution in [0.5, 0.6) is 0 Å². The zero-order valence-electron chi connectivity index (χ0n) is 7.87. The SMILES string of the molecule is CN1CCCC(CC(N)CO)C1. The summed E-state index contributed by atoms with van der Waals surface area (Å²) in [5.74, 6) is 0.700. The largest absolute Gasteiger partial charge is 0.395 e. The van der Waals surface area contributed by atoms with E-state index in [1.165, 1.54) is 19.4 Å². The van der Waals surface area contributed by atoms with Gasteiger partial charge in [-0.3, -0.25) is 0 Å². The van der Waals surface area contributed by atoms with Gasteiger partial charge in [0, 0.05) is 12.6 Å². The number of hydrogen-bond donors (Lipinski definition) is 2. The molecule has 0 bridgehead atoms. The maximum absolute atomic E-state index is 8.79. The van der Waals surface area contributed by atoms with Crippen LogP contribution in [0.4, 0.5) is 0 Å². The molecule has 2 atom stereocenters. The molecule has 1 saturated heterocycles. The first-order valence-corrected chi connectivity index (χ1v) is 4.77. The molecular formula is C9H20N2O. The fourth-order valence-corrected chi connectivity index (χ4v) is 1.97. The molecule has 3 heteroatoms. The van der Waals surface area contributed by atoms with Crippen molar-refractivity contribution in [3.63, 3.8) is 0 Å². The number of hydrogen-bond acceptors (Lipinski definition) is 3. The monoisotopic (exact) mass is 172 g/mol. The highest BCUT2D eigenvalue weighted by Gasteiger charge is 2.18. The summed E-state index contributed by atoms with van der Waals surface area (Å²) in [4.78, 5) is 2.35. The average molecular weight is 172 g/mol. The van der Waals surface area contributed by atoms with Crippen molar-refractivity contribution in [1.29, 1.82) is 0 Å². The molecule has 1 aliphatic rings. The second-order valence-corrected chi connectivity index (χ2v) is 3.95. The normalized spacial score (nSPS) is 28.8. The Balaban J connectivity index is 2.22. The van der Waals surface area contributed by atoms with E-state index in [9.17, 15) is 0 Å². The summed E-state index contributed by atoms with van der Waals surface area (Å²) < 4.78 is 0. The molecule has 12 heavy (non-hydrogen) atoms. The second-order valence-electron chi connectivity index (χ2n) is 3.95. The van der Waals surface area contributed by atoms with Crippen LogP contribution in [-0.2, 0) is 0 Å². The Morgan fingerprint density at radius 2 is 2.42 bits per heavy atom. The van der Waals surface area contributed by atoms with E-state index in [-0.39, 0.29) is 12.6 Å². The first kappa shape index (κ1) is 9.96. The van der Waals surface area contributed by atoms with Crippen molar-refractivity contribution in [2.45, 2.75) is 25.3 Å². The molecule has 3 nitrogen and oxygen atoms in total. The van der Waals surface area contributed by atoms with Crippen LogP contribution >= 0.6 is 0 Å². The van der Waals surface area contributed by atoms with Gasteiger partial charge in [0.05, 0.1) is 6.61 Å². The molecule has 2 unspecified atom stereocenters. The topological polar surface area (TPSA) is 49.5 Å². The maximum atomic E-state index is 8.79. The lowest BCUT2D eigenvalue weighted by molar-refractivity contribution is 0.176. The zero-order chi connectivity index (χ0) is 8.97. The summed E-state index contributed by atoms with van der Waals surface area (Å²) >= 11 is 0. The third-order valence-corrected chi connectivity index (χ3v) is 2.59. The van der Waals surface area contributed by atoms with E-state index in [0.717, 1.165) is 13.0 Å². The molecule has 0 aromatic rings. The number of likely N-dealkylation sites (tertiary alicyclic amines) is 1. The third-order valence-electron chi connectivity index (χ3n) is 2.59. The molecule has 72 valence electrons. The number of nitrogens with two attached hydrogens (primary N) is 1. The number of piperidine rings is 1. The first-order chi connectivity index (χ1) is 5.72. The second kappa shape index (κ2) is 4.80. The molecule has 0 aromatic carbocycles. The minimum atomic E-state index is -0.0125. The van der Waals surface area contributed by atoms with Crippen LogP contribution in [0.3, 0.4) is 0 Å². The maximum Gasteiger partial charge on any atom is 0.0582 e. The molecule has 1 heterocycles. The predicted molar refractivity (Wildman–Crippen MR) is 49.9 cm³/mol. The summed E-state index contributed by atoms with van der Waals surface area (Å²) in [6.45, 7) is 2.48. The Morgan fingerprint density at radius 3 is 3.00 bits per heavy atom. The Morgan fingerprint density at radius 1 is 1.67 bits per heavy atom. The van der Waals surface area contributed by atoms with Crippen molar-refractivity contribution in [3.05, 3.63) is 0 Å². The van der Waals surface area contributed by atoms with Crippen LogP contribution in [0.15, 0.2) is 0 Å². The summed E-state index contributed by atoms with van der Waals surface area (Å²) in [6, 6.07) is -0.0125. The van der Waals surface area contributed by atoms with E-state index < -0.39 is 0 Å². The van der Waals surface area contributed by atoms with E-state index in [2.05, 4.69) is 11.9 Å². The van der Waals surface area contributed by atoms with Crippen LogP contribution in [0.1, 0.15) is 19.3 Å². The number of aliphatic hydroxyl groups excluding tert-OH is 1. The molecule has 0 spiro atoms. The van der Waals surface area contributed by atoms with Gasteiger partial charge in [-0.1, -0.05) is 0 Å². The minimum absolute atomic E-state index is 0.0125. The molecule has 0 saturated carbocycles. The highest BCUT2D eigenvalue weighted by atomic mass is 16.3. The van der Waals surface area contributed by atoms with Gasteiger partial charge in [-0.15, -0.1) is 0 Å². The van der Waals surface area contributed by atoms with Gasteiger partial charge in [0.25, 0.3) is 0 Å². The first-order valence-electron chi connectivity index (χ1n) is 4.77. The summed E-state index contributed by atoms with van der Waals surface area (Å²) in [6.07, 6.45) is 3.53. The fraction of sp³-hybridized carbons (Fsp3) is 1.00. The Bertz CT molecular complexity index is 130. The molecular weight excluding hydrogens is 152 g/mol. The highest BCUT2D eigenvalue weighted by molar-refractivity contribution is 4.74. The lowest BCUT2D eigenvalue weighted by Gasteiger charge is -2.30. The quantitative estimate of drug-likeness (QED) is 0.632. The number of aliphatic hydroxyl groups is 1. The molecule has 0 amide bonds. The lowest BCUT2D eigenvalue weighted by Crippen LogP contribution is -2.36. The molecule has 1 aliphatic heterocycles. The van der Waals surface area contributed by atoms with E-state index in [1.807, 2.05) is 0 Å². The zero-order valence-corrected chi connectivity index (χ0v) is 7.87. The summed E-state index contributed by atoms with van der Waals surface area (Å²) in [7, 11) is 2.15. The predicted octanol–water partition coefficient (Wildman–Crippen LogP) is 0.0379. The van der Waals surface area contributed by atoms with Crippen LogP contribution in [0.25, 0.3) is 0 Å². The van der Waals surface area contributed by atoms with E-state index in [4.69, 9.17) is 10.8 Å². The van der Waals surface area contributed by atoms with Gasteiger partial charge < -0.3 is 15.7 Å². The van der Waals surface area contributed by atoms with Crippen molar-refractivity contribution in [2.24, 2.45) is 11.7 Å². The molecule has 1 fully saturated rings. The van der Waals surface area contributed by atoms with Gasteiger partial charge >= 0.3 is 0 Å². The standard InChI is InChI=1S/C9H20N2O/c1-11-4-2-3-8(6-11)5-9(10)7-12/h8-9,12H,2-7,10H2,1H3. The minimum Gasteiger partial charge on any atom is -0.395 e. The van der Waals surface area contributed by atoms with Crippen molar-refractivity contribution < 1.29 is 5.11 Å². The van der Waals surface area contributed by atoms with Crippen LogP contribution < -0.4 is 5.73 Å². The van der Waals surface area contributed by atoms with Crippen molar-refractivity contribution in [3.8, 4) is 0 Å². The van der Waals surface area contributed by atoms with E-state index in [1.54, 1.807) is 0 Å². The Kier molecular flexibility index (Phi) is 3.98. The average Bonchev–Trinajstić information content (AvgIpc) is 2.04. The molecule has 0 radical (unpaired) electrons. The summed E-state index contributed by atoms with van der Waals surface area (Å²) in [5, 5.41) is 8.79. The van der Waals surface area contributed by atoms with Crippen molar-refractivity contribution >= 4 is 0 Å². The van der Waals surface area contributed by atoms with Crippen LogP contribution in [0.2, 0.25) is 0 Å². The fourth-order valence-electron chi connectivity index (χ4n) is 1.97. The number of nitrogens with zero attached hydrogens (tertiary/aromatic N) is 1. The molecule has 0 aromatic heterocycles. The molecule has 3 N–H and O–H groups in total. The van der Waals surface area contributed by atoms with Crippen LogP contribution in [-0.4, -0.2) is 42.8 Å². The Hall–Kier alpha value is -0.120. The molecule has 1 rings (SSSR count). The summed E-state index contributed by atoms with van der Waals surface area (Å²) in [5.41, 5.74) is 5.68. The van der Waals surface area contributed by atoms with Gasteiger partial charge in [0.2, 0.25) is 0 Å². The Labute approximate surface area is 74.5 Å². The van der Waals surface area contributed by atoms with Gasteiger partial charge in [-0.05, 0) is 38.8 Å². The lowest BCUT2D eigenvalue weighted by atomic mass is 9.92. The van der Waals surface area contributed by atoms with Crippen LogP contribution in [0, 0.1) is 5.92 Å². The van der Waals surface area contributed by atoms with Crippen molar-refractivity contribution in [1.82, 2.24) is 4.90 Å². The van der Waals surface area contributed by atoms with Gasteiger partial charge in [-0.25, -0.2) is 0 Å². The van der Waals surface area contributed by atoms with Gasteiger partial charge in [-0.2, -0.15) is 0 Å².